The predicted molar refractivity (Wildman–Crippen MR) is 137 cm³/mol. The van der Waals surface area contributed by atoms with Crippen molar-refractivity contribution in [1.82, 2.24) is 5.43 Å². The molecule has 1 amide bonds. The van der Waals surface area contributed by atoms with E-state index < -0.39 is 5.91 Å². The average Bonchev–Trinajstić information content (AvgIpc) is 3.23. The number of amides is 1. The molecular formula is C25H19BrCl2N2O4. The summed E-state index contributed by atoms with van der Waals surface area (Å²) in [6.07, 6.45) is 1.47. The van der Waals surface area contributed by atoms with Crippen molar-refractivity contribution in [2.24, 2.45) is 5.10 Å². The normalized spacial score (nSPS) is 11.2. The number of halogens is 3. The summed E-state index contributed by atoms with van der Waals surface area (Å²) < 4.78 is 17.6. The van der Waals surface area contributed by atoms with E-state index in [1.165, 1.54) is 6.21 Å². The highest BCUT2D eigenvalue weighted by atomic mass is 79.9. The first kappa shape index (κ1) is 24.1. The van der Waals surface area contributed by atoms with Crippen molar-refractivity contribution >= 4 is 62.2 Å². The van der Waals surface area contributed by atoms with Gasteiger partial charge in [-0.25, -0.2) is 5.43 Å². The molecule has 0 saturated heterocycles. The van der Waals surface area contributed by atoms with Crippen LogP contribution in [0.15, 0.2) is 74.7 Å². The van der Waals surface area contributed by atoms with E-state index in [0.29, 0.717) is 43.8 Å². The molecule has 4 rings (SSSR count). The Morgan fingerprint density at radius 2 is 1.91 bits per heavy atom. The predicted octanol–water partition coefficient (Wildman–Crippen LogP) is 7.24. The van der Waals surface area contributed by atoms with Crippen LogP contribution in [0, 0.1) is 0 Å². The molecule has 0 aliphatic carbocycles. The maximum Gasteiger partial charge on any atom is 0.307 e. The van der Waals surface area contributed by atoms with Gasteiger partial charge in [0.1, 0.15) is 17.9 Å². The van der Waals surface area contributed by atoms with Gasteiger partial charge in [0.25, 0.3) is 0 Å². The van der Waals surface area contributed by atoms with Gasteiger partial charge in [0.2, 0.25) is 0 Å². The third-order valence-corrected chi connectivity index (χ3v) is 5.99. The monoisotopic (exact) mass is 560 g/mol. The van der Waals surface area contributed by atoms with Crippen LogP contribution in [0.5, 0.6) is 11.5 Å². The van der Waals surface area contributed by atoms with Crippen LogP contribution in [0.3, 0.4) is 0 Å². The maximum absolute atomic E-state index is 12.4. The number of rotatable bonds is 8. The average molecular weight is 562 g/mol. The Bertz CT molecular complexity index is 1350. The summed E-state index contributed by atoms with van der Waals surface area (Å²) in [6, 6.07) is 17.9. The highest BCUT2D eigenvalue weighted by molar-refractivity contribution is 9.10. The minimum Gasteiger partial charge on any atom is -0.494 e. The molecule has 0 radical (unpaired) electrons. The molecule has 1 aromatic heterocycles. The van der Waals surface area contributed by atoms with Crippen molar-refractivity contribution in [2.45, 2.75) is 13.5 Å². The summed E-state index contributed by atoms with van der Waals surface area (Å²) in [5.74, 6) is 0.859. The standard InChI is InChI=1S/C25H19BrCl2N2O4/c1-2-32-18-7-8-22-17(11-18)12-23(34-22)25(31)30-29-13-15-9-19(26)24(21(28)10-15)33-14-16-5-3-4-6-20(16)27/h3-13H,2,14H2,1H3,(H,30,31)/b29-13+. The molecule has 0 unspecified atom stereocenters. The lowest BCUT2D eigenvalue weighted by Crippen LogP contribution is -2.16. The fourth-order valence-electron chi connectivity index (χ4n) is 3.17. The second-order valence-corrected chi connectivity index (χ2v) is 8.80. The molecule has 0 aliphatic heterocycles. The van der Waals surface area contributed by atoms with Crippen LogP contribution in [0.25, 0.3) is 11.0 Å². The summed E-state index contributed by atoms with van der Waals surface area (Å²) in [4.78, 5) is 12.4. The van der Waals surface area contributed by atoms with Crippen molar-refractivity contribution in [1.29, 1.82) is 0 Å². The van der Waals surface area contributed by atoms with Crippen LogP contribution >= 0.6 is 39.1 Å². The van der Waals surface area contributed by atoms with Gasteiger partial charge in [-0.1, -0.05) is 41.4 Å². The lowest BCUT2D eigenvalue weighted by molar-refractivity contribution is 0.0929. The fourth-order valence-corrected chi connectivity index (χ4v) is 4.35. The molecule has 9 heteroatoms. The van der Waals surface area contributed by atoms with E-state index >= 15 is 0 Å². The Labute approximate surface area is 214 Å². The first-order valence-corrected chi connectivity index (χ1v) is 11.8. The molecule has 4 aromatic rings. The highest BCUT2D eigenvalue weighted by Gasteiger charge is 2.13. The number of ether oxygens (including phenoxy) is 2. The molecule has 1 heterocycles. The molecular weight excluding hydrogens is 543 g/mol. The zero-order valence-electron chi connectivity index (χ0n) is 18.0. The molecule has 34 heavy (non-hydrogen) atoms. The van der Waals surface area contributed by atoms with Gasteiger partial charge >= 0.3 is 5.91 Å². The number of nitrogens with one attached hydrogen (secondary N) is 1. The number of fused-ring (bicyclic) bond motifs is 1. The topological polar surface area (TPSA) is 73.1 Å². The van der Waals surface area contributed by atoms with Gasteiger partial charge in [-0.2, -0.15) is 5.10 Å². The van der Waals surface area contributed by atoms with Crippen molar-refractivity contribution < 1.29 is 18.7 Å². The van der Waals surface area contributed by atoms with Crippen LogP contribution in [0.4, 0.5) is 0 Å². The summed E-state index contributed by atoms with van der Waals surface area (Å²) in [6.45, 7) is 2.73. The third kappa shape index (κ3) is 5.73. The zero-order chi connectivity index (χ0) is 24.1. The number of hydrogen-bond donors (Lipinski definition) is 1. The van der Waals surface area contributed by atoms with Gasteiger partial charge in [-0.3, -0.25) is 4.79 Å². The second-order valence-electron chi connectivity index (χ2n) is 7.14. The molecule has 3 aromatic carbocycles. The molecule has 0 fully saturated rings. The second kappa shape index (κ2) is 11.0. The van der Waals surface area contributed by atoms with Crippen LogP contribution in [0.1, 0.15) is 28.6 Å². The summed E-state index contributed by atoms with van der Waals surface area (Å²) >= 11 is 16.0. The van der Waals surface area contributed by atoms with E-state index in [-0.39, 0.29) is 12.4 Å². The molecule has 0 bridgehead atoms. The van der Waals surface area contributed by atoms with Crippen molar-refractivity contribution in [2.75, 3.05) is 6.61 Å². The fraction of sp³-hybridized carbons (Fsp3) is 0.120. The van der Waals surface area contributed by atoms with Gasteiger partial charge in [0.05, 0.1) is 22.3 Å². The Balaban J connectivity index is 1.41. The smallest absolute Gasteiger partial charge is 0.307 e. The maximum atomic E-state index is 12.4. The van der Waals surface area contributed by atoms with Gasteiger partial charge in [-0.15, -0.1) is 0 Å². The van der Waals surface area contributed by atoms with Gasteiger partial charge in [0.15, 0.2) is 11.5 Å². The van der Waals surface area contributed by atoms with Crippen LogP contribution in [-0.4, -0.2) is 18.7 Å². The molecule has 0 spiro atoms. The third-order valence-electron chi connectivity index (χ3n) is 4.75. The van der Waals surface area contributed by atoms with E-state index in [0.717, 1.165) is 10.9 Å². The van der Waals surface area contributed by atoms with Gasteiger partial charge in [0, 0.05) is 16.0 Å². The van der Waals surface area contributed by atoms with Crippen molar-refractivity contribution in [3.05, 3.63) is 92.1 Å². The van der Waals surface area contributed by atoms with E-state index in [2.05, 4.69) is 26.5 Å². The molecule has 0 saturated carbocycles. The quantitative estimate of drug-likeness (QED) is 0.182. The zero-order valence-corrected chi connectivity index (χ0v) is 21.1. The minimum absolute atomic E-state index is 0.142. The van der Waals surface area contributed by atoms with Crippen LogP contribution in [-0.2, 0) is 6.61 Å². The number of carbonyl (C=O) groups is 1. The number of hydrogen-bond acceptors (Lipinski definition) is 5. The van der Waals surface area contributed by atoms with Crippen molar-refractivity contribution in [3.63, 3.8) is 0 Å². The number of carbonyl (C=O) groups excluding carboxylic acids is 1. The van der Waals surface area contributed by atoms with Crippen LogP contribution < -0.4 is 14.9 Å². The lowest BCUT2D eigenvalue weighted by atomic mass is 10.2. The van der Waals surface area contributed by atoms with Gasteiger partial charge < -0.3 is 13.9 Å². The number of furan rings is 1. The largest absolute Gasteiger partial charge is 0.494 e. The highest BCUT2D eigenvalue weighted by Crippen LogP contribution is 2.35. The Hall–Kier alpha value is -3.00. The Morgan fingerprint density at radius 1 is 1.09 bits per heavy atom. The van der Waals surface area contributed by atoms with E-state index in [4.69, 9.17) is 37.1 Å². The minimum atomic E-state index is -0.477. The number of nitrogens with zero attached hydrogens (tertiary/aromatic N) is 1. The van der Waals surface area contributed by atoms with E-state index in [9.17, 15) is 4.79 Å². The summed E-state index contributed by atoms with van der Waals surface area (Å²) in [7, 11) is 0. The van der Waals surface area contributed by atoms with E-state index in [1.54, 1.807) is 36.4 Å². The Kier molecular flexibility index (Phi) is 7.77. The Morgan fingerprint density at radius 3 is 2.68 bits per heavy atom. The van der Waals surface area contributed by atoms with Crippen molar-refractivity contribution in [3.8, 4) is 11.5 Å². The summed E-state index contributed by atoms with van der Waals surface area (Å²) in [5.41, 5.74) is 4.55. The van der Waals surface area contributed by atoms with E-state index in [1.807, 2.05) is 31.2 Å². The molecule has 6 nitrogen and oxygen atoms in total. The molecule has 1 N–H and O–H groups in total. The first-order chi connectivity index (χ1) is 16.4. The molecule has 174 valence electrons. The van der Waals surface area contributed by atoms with Crippen LogP contribution in [0.2, 0.25) is 10.0 Å². The first-order valence-electron chi connectivity index (χ1n) is 10.3. The summed E-state index contributed by atoms with van der Waals surface area (Å²) in [5, 5.41) is 5.78. The SMILES string of the molecule is CCOc1ccc2oc(C(=O)N/N=C/c3cc(Cl)c(OCc4ccccc4Cl)c(Br)c3)cc2c1. The number of hydrazone groups is 1. The van der Waals surface area contributed by atoms with Gasteiger partial charge in [-0.05, 0) is 70.9 Å². The molecule has 0 aliphatic rings. The lowest BCUT2D eigenvalue weighted by Gasteiger charge is -2.12. The number of benzene rings is 3. The molecule has 0 atom stereocenters.